The third-order valence-corrected chi connectivity index (χ3v) is 2.81. The third-order valence-electron chi connectivity index (χ3n) is 2.81. The number of epoxide rings is 1. The summed E-state index contributed by atoms with van der Waals surface area (Å²) in [6.45, 7) is 1.49. The van der Waals surface area contributed by atoms with E-state index in [4.69, 9.17) is 14.2 Å². The number of rotatable bonds is 0. The fraction of sp³-hybridized carbons (Fsp3) is 1.00. The van der Waals surface area contributed by atoms with Crippen LogP contribution >= 0.6 is 0 Å². The maximum absolute atomic E-state index is 5.59. The van der Waals surface area contributed by atoms with Crippen molar-refractivity contribution in [3.63, 3.8) is 0 Å². The molecule has 3 fully saturated rings. The van der Waals surface area contributed by atoms with Gasteiger partial charge >= 0.3 is 0 Å². The van der Waals surface area contributed by atoms with Crippen molar-refractivity contribution in [2.24, 2.45) is 0 Å². The molecule has 0 bridgehead atoms. The smallest absolute Gasteiger partial charge is 0.197 e. The van der Waals surface area contributed by atoms with Crippen LogP contribution in [0.1, 0.15) is 19.3 Å². The number of hydrogen-bond acceptors (Lipinski definition) is 3. The molecule has 2 aliphatic heterocycles. The molecule has 3 nitrogen and oxygen atoms in total. The molecule has 3 aliphatic rings. The summed E-state index contributed by atoms with van der Waals surface area (Å²) >= 11 is 0. The highest BCUT2D eigenvalue weighted by Gasteiger charge is 2.60. The molecule has 62 valence electrons. The van der Waals surface area contributed by atoms with Crippen LogP contribution in [0.5, 0.6) is 0 Å². The summed E-state index contributed by atoms with van der Waals surface area (Å²) in [6, 6.07) is 0. The topological polar surface area (TPSA) is 31.0 Å². The Kier molecular flexibility index (Phi) is 1.15. The summed E-state index contributed by atoms with van der Waals surface area (Å²) in [6.07, 6.45) is 4.11. The average molecular weight is 156 g/mol. The van der Waals surface area contributed by atoms with Crippen LogP contribution in [0.3, 0.4) is 0 Å². The van der Waals surface area contributed by atoms with Gasteiger partial charge in [0.15, 0.2) is 5.79 Å². The Morgan fingerprint density at radius 1 is 1.18 bits per heavy atom. The van der Waals surface area contributed by atoms with Gasteiger partial charge in [0.05, 0.1) is 19.3 Å². The average Bonchev–Trinajstić information content (AvgIpc) is 2.68. The molecule has 1 saturated carbocycles. The SMILES string of the molecule is C1CC2OC2C2(C1)OCCO2. The molecule has 11 heavy (non-hydrogen) atoms. The van der Waals surface area contributed by atoms with Crippen molar-refractivity contribution in [1.29, 1.82) is 0 Å². The van der Waals surface area contributed by atoms with E-state index in [1.54, 1.807) is 0 Å². The van der Waals surface area contributed by atoms with Crippen molar-refractivity contribution in [2.75, 3.05) is 13.2 Å². The second-order valence-electron chi connectivity index (χ2n) is 3.50. The van der Waals surface area contributed by atoms with Crippen LogP contribution in [-0.4, -0.2) is 31.2 Å². The number of ether oxygens (including phenoxy) is 3. The van der Waals surface area contributed by atoms with Crippen LogP contribution in [0.15, 0.2) is 0 Å². The van der Waals surface area contributed by atoms with Crippen LogP contribution in [0.4, 0.5) is 0 Å². The van der Waals surface area contributed by atoms with Crippen LogP contribution in [0, 0.1) is 0 Å². The van der Waals surface area contributed by atoms with Gasteiger partial charge in [-0.25, -0.2) is 0 Å². The largest absolute Gasteiger partial charge is 0.364 e. The first-order valence-electron chi connectivity index (χ1n) is 4.34. The zero-order valence-corrected chi connectivity index (χ0v) is 6.41. The number of hydrogen-bond donors (Lipinski definition) is 0. The van der Waals surface area contributed by atoms with E-state index in [0.29, 0.717) is 6.10 Å². The van der Waals surface area contributed by atoms with Gasteiger partial charge in [-0.3, -0.25) is 0 Å². The minimum atomic E-state index is -0.317. The second-order valence-corrected chi connectivity index (χ2v) is 3.50. The van der Waals surface area contributed by atoms with E-state index >= 15 is 0 Å². The lowest BCUT2D eigenvalue weighted by Gasteiger charge is -2.28. The Morgan fingerprint density at radius 3 is 2.82 bits per heavy atom. The first-order chi connectivity index (χ1) is 5.41. The molecule has 0 aromatic rings. The molecule has 3 rings (SSSR count). The Bertz CT molecular complexity index is 174. The fourth-order valence-corrected chi connectivity index (χ4v) is 2.22. The molecular formula is C8H12O3. The first kappa shape index (κ1) is 6.40. The quantitative estimate of drug-likeness (QED) is 0.483. The predicted octanol–water partition coefficient (Wildman–Crippen LogP) is 0.681. The van der Waals surface area contributed by atoms with E-state index in [1.807, 2.05) is 0 Å². The van der Waals surface area contributed by atoms with Gasteiger partial charge in [0.25, 0.3) is 0 Å². The summed E-state index contributed by atoms with van der Waals surface area (Å²) in [5.74, 6) is -0.317. The van der Waals surface area contributed by atoms with Crippen molar-refractivity contribution in [2.45, 2.75) is 37.3 Å². The fourth-order valence-electron chi connectivity index (χ4n) is 2.22. The Labute approximate surface area is 65.6 Å². The third kappa shape index (κ3) is 0.789. The van der Waals surface area contributed by atoms with Gasteiger partial charge in [-0.1, -0.05) is 0 Å². The molecule has 2 heterocycles. The van der Waals surface area contributed by atoms with Crippen molar-refractivity contribution in [3.8, 4) is 0 Å². The maximum atomic E-state index is 5.59. The van der Waals surface area contributed by atoms with Gasteiger partial charge in [-0.05, 0) is 12.8 Å². The standard InChI is InChI=1S/C8H12O3/c1-2-6-7(11-6)8(3-1)9-4-5-10-8/h6-7H,1-5H2. The molecule has 2 unspecified atom stereocenters. The van der Waals surface area contributed by atoms with Crippen LogP contribution < -0.4 is 0 Å². The van der Waals surface area contributed by atoms with E-state index in [2.05, 4.69) is 0 Å². The highest BCUT2D eigenvalue weighted by molar-refractivity contribution is 5.02. The highest BCUT2D eigenvalue weighted by Crippen LogP contribution is 2.47. The second kappa shape index (κ2) is 1.97. The van der Waals surface area contributed by atoms with Crippen LogP contribution in [0.2, 0.25) is 0 Å². The molecule has 3 heteroatoms. The zero-order valence-electron chi connectivity index (χ0n) is 6.41. The molecule has 1 spiro atoms. The molecule has 1 aliphatic carbocycles. The van der Waals surface area contributed by atoms with Gasteiger partial charge in [0.2, 0.25) is 0 Å². The molecule has 0 N–H and O–H groups in total. The molecule has 0 aromatic heterocycles. The van der Waals surface area contributed by atoms with E-state index < -0.39 is 0 Å². The van der Waals surface area contributed by atoms with Crippen LogP contribution in [-0.2, 0) is 14.2 Å². The Balaban J connectivity index is 1.84. The molecule has 0 amide bonds. The predicted molar refractivity (Wildman–Crippen MR) is 37.1 cm³/mol. The lowest BCUT2D eigenvalue weighted by molar-refractivity contribution is -0.179. The summed E-state index contributed by atoms with van der Waals surface area (Å²) in [7, 11) is 0. The zero-order chi connectivity index (χ0) is 7.31. The molecule has 2 saturated heterocycles. The normalized spacial score (nSPS) is 45.8. The summed E-state index contributed by atoms with van der Waals surface area (Å²) in [5, 5.41) is 0. The van der Waals surface area contributed by atoms with E-state index in [0.717, 1.165) is 19.6 Å². The van der Waals surface area contributed by atoms with Gasteiger partial charge in [-0.15, -0.1) is 0 Å². The summed E-state index contributed by atoms with van der Waals surface area (Å²) in [5.41, 5.74) is 0. The summed E-state index contributed by atoms with van der Waals surface area (Å²) in [4.78, 5) is 0. The highest BCUT2D eigenvalue weighted by atomic mass is 16.8. The van der Waals surface area contributed by atoms with E-state index in [9.17, 15) is 0 Å². The van der Waals surface area contributed by atoms with Gasteiger partial charge in [-0.2, -0.15) is 0 Å². The van der Waals surface area contributed by atoms with E-state index in [-0.39, 0.29) is 11.9 Å². The van der Waals surface area contributed by atoms with Gasteiger partial charge in [0.1, 0.15) is 6.10 Å². The van der Waals surface area contributed by atoms with Gasteiger partial charge in [0, 0.05) is 6.42 Å². The molecule has 0 radical (unpaired) electrons. The monoisotopic (exact) mass is 156 g/mol. The number of fused-ring (bicyclic) bond motifs is 2. The molecule has 2 atom stereocenters. The van der Waals surface area contributed by atoms with Crippen LogP contribution in [0.25, 0.3) is 0 Å². The van der Waals surface area contributed by atoms with Crippen molar-refractivity contribution in [3.05, 3.63) is 0 Å². The minimum absolute atomic E-state index is 0.263. The minimum Gasteiger partial charge on any atom is -0.364 e. The van der Waals surface area contributed by atoms with Gasteiger partial charge < -0.3 is 14.2 Å². The molecular weight excluding hydrogens is 144 g/mol. The van der Waals surface area contributed by atoms with Crippen molar-refractivity contribution < 1.29 is 14.2 Å². The van der Waals surface area contributed by atoms with Crippen molar-refractivity contribution >= 4 is 0 Å². The Hall–Kier alpha value is -0.120. The van der Waals surface area contributed by atoms with E-state index in [1.165, 1.54) is 12.8 Å². The molecule has 0 aromatic carbocycles. The summed E-state index contributed by atoms with van der Waals surface area (Å²) < 4.78 is 16.6. The lowest BCUT2D eigenvalue weighted by Crippen LogP contribution is -2.40. The maximum Gasteiger partial charge on any atom is 0.197 e. The van der Waals surface area contributed by atoms with Crippen molar-refractivity contribution in [1.82, 2.24) is 0 Å². The lowest BCUT2D eigenvalue weighted by atomic mass is 9.94. The Morgan fingerprint density at radius 2 is 2.00 bits per heavy atom. The first-order valence-corrected chi connectivity index (χ1v) is 4.34.